The third kappa shape index (κ3) is 6.24. The van der Waals surface area contributed by atoms with Gasteiger partial charge < -0.3 is 11.1 Å². The molecule has 3 rings (SSSR count). The zero-order valence-electron chi connectivity index (χ0n) is 16.8. The van der Waals surface area contributed by atoms with Crippen LogP contribution in [0.4, 0.5) is 17.6 Å². The van der Waals surface area contributed by atoms with Gasteiger partial charge in [-0.05, 0) is 49.1 Å². The topological polar surface area (TPSA) is 114 Å². The number of alkyl halides is 3. The van der Waals surface area contributed by atoms with Crippen molar-refractivity contribution in [2.75, 3.05) is 5.75 Å². The van der Waals surface area contributed by atoms with Crippen LogP contribution in [-0.2, 0) is 14.6 Å². The molecule has 1 heterocycles. The Hall–Kier alpha value is -2.57. The zero-order chi connectivity index (χ0) is 23.6. The lowest BCUT2D eigenvalue weighted by Crippen LogP contribution is -2.54. The number of sulfone groups is 1. The number of nitrogens with two attached hydrogens (primary N) is 1. The second kappa shape index (κ2) is 9.12. The van der Waals surface area contributed by atoms with Crippen LogP contribution in [0.1, 0.15) is 30.9 Å². The summed E-state index contributed by atoms with van der Waals surface area (Å²) in [6, 6.07) is 4.01. The van der Waals surface area contributed by atoms with Crippen LogP contribution in [0, 0.1) is 5.82 Å². The highest BCUT2D eigenvalue weighted by Gasteiger charge is 2.45. The molecule has 0 saturated heterocycles. The predicted octanol–water partition coefficient (Wildman–Crippen LogP) is 2.21. The summed E-state index contributed by atoms with van der Waals surface area (Å²) in [6.45, 7) is 0. The van der Waals surface area contributed by atoms with Crippen LogP contribution >= 0.6 is 0 Å². The van der Waals surface area contributed by atoms with E-state index in [9.17, 15) is 30.8 Å². The molecule has 1 amide bonds. The lowest BCUT2D eigenvalue weighted by Gasteiger charge is -2.28. The van der Waals surface area contributed by atoms with Gasteiger partial charge in [-0.25, -0.2) is 17.8 Å². The van der Waals surface area contributed by atoms with E-state index in [-0.39, 0.29) is 10.6 Å². The molecule has 1 aliphatic carbocycles. The maximum Gasteiger partial charge on any atom is 0.407 e. The van der Waals surface area contributed by atoms with Crippen LogP contribution < -0.4 is 16.4 Å². The molecular weight excluding hydrogens is 452 g/mol. The Morgan fingerprint density at radius 3 is 2.34 bits per heavy atom. The number of carbonyl (C=O) groups excluding carboxylic acids is 1. The van der Waals surface area contributed by atoms with Gasteiger partial charge in [0.1, 0.15) is 11.9 Å². The van der Waals surface area contributed by atoms with E-state index in [4.69, 9.17) is 5.73 Å². The van der Waals surface area contributed by atoms with Crippen molar-refractivity contribution in [3.8, 4) is 0 Å². The molecule has 1 saturated carbocycles. The van der Waals surface area contributed by atoms with Crippen molar-refractivity contribution in [2.45, 2.75) is 48.2 Å². The average molecular weight is 474 g/mol. The molecule has 0 spiro atoms. The van der Waals surface area contributed by atoms with Gasteiger partial charge in [-0.2, -0.15) is 13.2 Å². The number of rotatable bonds is 9. The molecule has 0 aliphatic heterocycles. The third-order valence-corrected chi connectivity index (χ3v) is 6.66. The molecule has 2 aromatic rings. The average Bonchev–Trinajstić information content (AvgIpc) is 3.45. The fourth-order valence-corrected chi connectivity index (χ4v) is 4.29. The molecular formula is C20H22F4N4O3S. The Kier molecular flexibility index (Phi) is 6.86. The van der Waals surface area contributed by atoms with Gasteiger partial charge in [0.2, 0.25) is 5.91 Å². The first-order valence-corrected chi connectivity index (χ1v) is 11.4. The van der Waals surface area contributed by atoms with Gasteiger partial charge in [-0.15, -0.1) is 0 Å². The Morgan fingerprint density at radius 1 is 1.16 bits per heavy atom. The second-order valence-corrected chi connectivity index (χ2v) is 9.72. The highest BCUT2D eigenvalue weighted by molar-refractivity contribution is 7.91. The number of hydrogen-bond donors (Lipinski definition) is 3. The van der Waals surface area contributed by atoms with Crippen molar-refractivity contribution in [3.05, 3.63) is 60.0 Å². The second-order valence-electron chi connectivity index (χ2n) is 7.67. The summed E-state index contributed by atoms with van der Waals surface area (Å²) in [4.78, 5) is 16.5. The van der Waals surface area contributed by atoms with Crippen molar-refractivity contribution in [1.82, 2.24) is 15.6 Å². The lowest BCUT2D eigenvalue weighted by atomic mass is 10.0. The standard InChI is InChI=1S/C20H22F4N4O3S/c21-14-6-4-13(5-7-14)17(20(22,23)24)27-15(18(29)28-19(25)9-10-19)8-12-32(30,31)16-3-1-2-11-26-16/h1-7,11,15,17,27H,8-10,12,25H2,(H,28,29)/t15-,17?/m0/s1. The van der Waals surface area contributed by atoms with E-state index in [2.05, 4.69) is 15.6 Å². The van der Waals surface area contributed by atoms with Crippen molar-refractivity contribution >= 4 is 15.7 Å². The highest BCUT2D eigenvalue weighted by Crippen LogP contribution is 2.34. The molecule has 2 atom stereocenters. The van der Waals surface area contributed by atoms with Gasteiger partial charge in [-0.3, -0.25) is 10.1 Å². The molecule has 174 valence electrons. The van der Waals surface area contributed by atoms with Crippen LogP contribution in [0.25, 0.3) is 0 Å². The van der Waals surface area contributed by atoms with E-state index in [1.165, 1.54) is 24.4 Å². The maximum atomic E-state index is 13.8. The Bertz CT molecular complexity index is 1040. The highest BCUT2D eigenvalue weighted by atomic mass is 32.2. The first kappa shape index (κ1) is 24.1. The fraction of sp³-hybridized carbons (Fsp3) is 0.400. The SMILES string of the molecule is NC1(NC(=O)[C@H](CCS(=O)(=O)c2ccccn2)NC(c2ccc(F)cc2)C(F)(F)F)CC1. The Balaban J connectivity index is 1.84. The largest absolute Gasteiger partial charge is 0.407 e. The van der Waals surface area contributed by atoms with Gasteiger partial charge in [0.05, 0.1) is 17.5 Å². The summed E-state index contributed by atoms with van der Waals surface area (Å²) in [6.07, 6.45) is -3.11. The van der Waals surface area contributed by atoms with E-state index in [1.807, 2.05) is 0 Å². The fourth-order valence-electron chi connectivity index (χ4n) is 3.03. The number of nitrogens with zero attached hydrogens (tertiary/aromatic N) is 1. The monoisotopic (exact) mass is 474 g/mol. The molecule has 12 heteroatoms. The molecule has 7 nitrogen and oxygen atoms in total. The molecule has 1 unspecified atom stereocenters. The molecule has 0 radical (unpaired) electrons. The van der Waals surface area contributed by atoms with E-state index in [0.717, 1.165) is 24.3 Å². The van der Waals surface area contributed by atoms with E-state index >= 15 is 0 Å². The van der Waals surface area contributed by atoms with Crippen molar-refractivity contribution in [1.29, 1.82) is 0 Å². The van der Waals surface area contributed by atoms with Crippen LogP contribution in [-0.4, -0.2) is 42.9 Å². The summed E-state index contributed by atoms with van der Waals surface area (Å²) in [7, 11) is -3.95. The molecule has 1 aromatic heterocycles. The molecule has 1 fully saturated rings. The molecule has 0 bridgehead atoms. The van der Waals surface area contributed by atoms with E-state index in [1.54, 1.807) is 0 Å². The number of nitrogens with one attached hydrogen (secondary N) is 2. The number of aromatic nitrogens is 1. The van der Waals surface area contributed by atoms with Crippen LogP contribution in [0.2, 0.25) is 0 Å². The summed E-state index contributed by atoms with van der Waals surface area (Å²) >= 11 is 0. The van der Waals surface area contributed by atoms with Crippen LogP contribution in [0.5, 0.6) is 0 Å². The van der Waals surface area contributed by atoms with Crippen LogP contribution in [0.3, 0.4) is 0 Å². The zero-order valence-corrected chi connectivity index (χ0v) is 17.6. The lowest BCUT2D eigenvalue weighted by molar-refractivity contribution is -0.161. The summed E-state index contributed by atoms with van der Waals surface area (Å²) in [5.74, 6) is -2.19. The smallest absolute Gasteiger partial charge is 0.337 e. The van der Waals surface area contributed by atoms with E-state index < -0.39 is 57.7 Å². The molecule has 1 aromatic carbocycles. The number of carbonyl (C=O) groups is 1. The minimum absolute atomic E-state index is 0.248. The first-order chi connectivity index (χ1) is 14.9. The van der Waals surface area contributed by atoms with Gasteiger partial charge in [-0.1, -0.05) is 18.2 Å². The molecule has 1 aliphatic rings. The Labute approximate surface area is 182 Å². The number of pyridine rings is 1. The normalized spacial score (nSPS) is 17.4. The van der Waals surface area contributed by atoms with Crippen molar-refractivity contribution in [2.24, 2.45) is 5.73 Å². The first-order valence-electron chi connectivity index (χ1n) is 9.73. The van der Waals surface area contributed by atoms with Gasteiger partial charge in [0, 0.05) is 6.20 Å². The Morgan fingerprint density at radius 2 is 1.81 bits per heavy atom. The predicted molar refractivity (Wildman–Crippen MR) is 107 cm³/mol. The van der Waals surface area contributed by atoms with E-state index in [0.29, 0.717) is 12.8 Å². The number of halogens is 4. The summed E-state index contributed by atoms with van der Waals surface area (Å²) in [5, 5.41) is 4.42. The third-order valence-electron chi connectivity index (χ3n) is 5.01. The minimum Gasteiger partial charge on any atom is -0.337 e. The van der Waals surface area contributed by atoms with Crippen molar-refractivity contribution < 1.29 is 30.8 Å². The maximum absolute atomic E-state index is 13.8. The number of benzene rings is 1. The van der Waals surface area contributed by atoms with Gasteiger partial charge in [0.25, 0.3) is 0 Å². The van der Waals surface area contributed by atoms with Gasteiger partial charge in [0.15, 0.2) is 14.9 Å². The summed E-state index contributed by atoms with van der Waals surface area (Å²) in [5.41, 5.74) is 4.52. The number of amides is 1. The van der Waals surface area contributed by atoms with Crippen LogP contribution in [0.15, 0.2) is 53.7 Å². The van der Waals surface area contributed by atoms with Crippen molar-refractivity contribution in [3.63, 3.8) is 0 Å². The van der Waals surface area contributed by atoms with Gasteiger partial charge >= 0.3 is 6.18 Å². The number of hydrogen-bond acceptors (Lipinski definition) is 6. The minimum atomic E-state index is -4.84. The summed E-state index contributed by atoms with van der Waals surface area (Å²) < 4.78 is 79.6. The molecule has 32 heavy (non-hydrogen) atoms. The molecule has 4 N–H and O–H groups in total. The quantitative estimate of drug-likeness (QED) is 0.379.